The van der Waals surface area contributed by atoms with Gasteiger partial charge in [-0.2, -0.15) is 26.3 Å². The minimum Gasteiger partial charge on any atom is -0.490 e. The smallest absolute Gasteiger partial charge is 0.389 e. The van der Waals surface area contributed by atoms with E-state index >= 15 is 0 Å². The second-order valence-electron chi connectivity index (χ2n) is 9.96. The van der Waals surface area contributed by atoms with Gasteiger partial charge in [0.1, 0.15) is 5.75 Å². The van der Waals surface area contributed by atoms with E-state index in [0.29, 0.717) is 23.4 Å². The zero-order valence-electron chi connectivity index (χ0n) is 24.5. The average molecular weight is 655 g/mol. The van der Waals surface area contributed by atoms with Gasteiger partial charge < -0.3 is 30.4 Å². The first-order valence-corrected chi connectivity index (χ1v) is 14.0. The molecule has 0 radical (unpaired) electrons. The molecular weight excluding hydrogens is 622 g/mol. The summed E-state index contributed by atoms with van der Waals surface area (Å²) in [6, 6.07) is 14.9. The summed E-state index contributed by atoms with van der Waals surface area (Å²) in [4.78, 5) is 24.8. The van der Waals surface area contributed by atoms with Crippen LogP contribution in [0.5, 0.6) is 17.2 Å². The molecule has 0 fully saturated rings. The minimum atomic E-state index is -4.39. The number of hydrogen-bond donors (Lipinski definition) is 2. The van der Waals surface area contributed by atoms with E-state index in [9.17, 15) is 35.9 Å². The van der Waals surface area contributed by atoms with Crippen molar-refractivity contribution in [1.29, 1.82) is 0 Å². The molecule has 248 valence electrons. The lowest BCUT2D eigenvalue weighted by atomic mass is 10.1. The van der Waals surface area contributed by atoms with Crippen LogP contribution in [0.1, 0.15) is 47.2 Å². The molecule has 3 aromatic carbocycles. The molecular formula is C32H32F6N2O6. The molecule has 14 heteroatoms. The molecule has 8 nitrogen and oxygen atoms in total. The van der Waals surface area contributed by atoms with Crippen LogP contribution in [0.15, 0.2) is 66.7 Å². The molecule has 0 aromatic heterocycles. The van der Waals surface area contributed by atoms with Crippen molar-refractivity contribution in [3.05, 3.63) is 83.4 Å². The molecule has 3 rings (SSSR count). The second kappa shape index (κ2) is 16.4. The topological polar surface area (TPSA) is 123 Å². The molecule has 0 unspecified atom stereocenters. The van der Waals surface area contributed by atoms with Crippen LogP contribution < -0.4 is 25.7 Å². The Morgan fingerprint density at radius 3 is 1.98 bits per heavy atom. The highest BCUT2D eigenvalue weighted by Crippen LogP contribution is 2.31. The number of anilines is 2. The molecule has 0 aliphatic heterocycles. The summed E-state index contributed by atoms with van der Waals surface area (Å²) < 4.78 is 96.1. The molecule has 4 N–H and O–H groups in total. The fourth-order valence-corrected chi connectivity index (χ4v) is 3.90. The second-order valence-corrected chi connectivity index (χ2v) is 9.96. The van der Waals surface area contributed by atoms with Gasteiger partial charge in [-0.3, -0.25) is 0 Å². The third-order valence-corrected chi connectivity index (χ3v) is 6.19. The van der Waals surface area contributed by atoms with Crippen LogP contribution >= 0.6 is 0 Å². The van der Waals surface area contributed by atoms with Crippen molar-refractivity contribution in [2.75, 3.05) is 31.3 Å². The Labute approximate surface area is 260 Å². The summed E-state index contributed by atoms with van der Waals surface area (Å²) in [6.07, 6.45) is -8.55. The quantitative estimate of drug-likeness (QED) is 0.0437. The molecule has 0 spiro atoms. The van der Waals surface area contributed by atoms with Crippen LogP contribution in [0, 0.1) is 0 Å². The van der Waals surface area contributed by atoms with Gasteiger partial charge >= 0.3 is 24.3 Å². The van der Waals surface area contributed by atoms with Crippen LogP contribution in [-0.2, 0) is 16.0 Å². The van der Waals surface area contributed by atoms with Crippen molar-refractivity contribution in [1.82, 2.24) is 0 Å². The Bertz CT molecular complexity index is 1490. The monoisotopic (exact) mass is 654 g/mol. The minimum absolute atomic E-state index is 0.0326. The number of hydrogen-bond acceptors (Lipinski definition) is 8. The average Bonchev–Trinajstić information content (AvgIpc) is 2.97. The Morgan fingerprint density at radius 1 is 0.739 bits per heavy atom. The predicted octanol–water partition coefficient (Wildman–Crippen LogP) is 7.31. The SMILES string of the molecule is Nc1ccc(CCOC(=O)/C=C/c2ccc(OC(=O)c3ccc(OCCCC(F)(F)F)c(OCCCC(F)(F)F)c3)cc2)c(N)c1. The number of nitrogen functional groups attached to an aromatic ring is 2. The molecule has 46 heavy (non-hydrogen) atoms. The largest absolute Gasteiger partial charge is 0.490 e. The predicted molar refractivity (Wildman–Crippen MR) is 158 cm³/mol. The highest BCUT2D eigenvalue weighted by Gasteiger charge is 2.27. The van der Waals surface area contributed by atoms with Crippen LogP contribution in [0.2, 0.25) is 0 Å². The summed E-state index contributed by atoms with van der Waals surface area (Å²) >= 11 is 0. The highest BCUT2D eigenvalue weighted by atomic mass is 19.4. The van der Waals surface area contributed by atoms with Gasteiger partial charge in [0.25, 0.3) is 0 Å². The molecule has 0 heterocycles. The first kappa shape index (κ1) is 35.6. The molecule has 0 saturated carbocycles. The molecule has 3 aromatic rings. The maximum Gasteiger partial charge on any atom is 0.389 e. The zero-order chi connectivity index (χ0) is 33.7. The number of nitrogens with two attached hydrogens (primary N) is 2. The summed E-state index contributed by atoms with van der Waals surface area (Å²) in [5, 5.41) is 0. The van der Waals surface area contributed by atoms with E-state index in [4.69, 9.17) is 30.4 Å². The number of halogens is 6. The summed E-state index contributed by atoms with van der Waals surface area (Å²) in [5.74, 6) is -1.42. The normalized spacial score (nSPS) is 11.8. The number of benzene rings is 3. The molecule has 0 atom stereocenters. The first-order chi connectivity index (χ1) is 21.7. The number of rotatable bonds is 15. The van der Waals surface area contributed by atoms with Crippen LogP contribution in [0.25, 0.3) is 6.08 Å². The van der Waals surface area contributed by atoms with Crippen molar-refractivity contribution >= 4 is 29.4 Å². The standard InChI is InChI=1S/C32H32F6N2O6/c33-31(34,35)14-1-16-43-27-11-7-23(19-28(27)44-17-2-15-32(36,37)38)30(42)46-25-9-3-21(4-10-25)5-12-29(41)45-18-13-22-6-8-24(39)20-26(22)40/h3-12,19-20H,1-2,13-18,39-40H2/b12-5+. The number of alkyl halides is 6. The molecule has 0 bridgehead atoms. The van der Waals surface area contributed by atoms with Gasteiger partial charge in [0.15, 0.2) is 11.5 Å². The van der Waals surface area contributed by atoms with Gasteiger partial charge in [0.05, 0.1) is 25.4 Å². The van der Waals surface area contributed by atoms with Crippen molar-refractivity contribution < 1.29 is 54.9 Å². The van der Waals surface area contributed by atoms with E-state index in [0.717, 1.165) is 5.56 Å². The molecule has 0 aliphatic carbocycles. The van der Waals surface area contributed by atoms with E-state index in [-0.39, 0.29) is 55.5 Å². The number of esters is 2. The van der Waals surface area contributed by atoms with Gasteiger partial charge in [-0.05, 0) is 72.5 Å². The van der Waals surface area contributed by atoms with Crippen molar-refractivity contribution in [2.45, 2.75) is 44.5 Å². The van der Waals surface area contributed by atoms with Crippen LogP contribution in [0.3, 0.4) is 0 Å². The van der Waals surface area contributed by atoms with Gasteiger partial charge in [-0.15, -0.1) is 0 Å². The lowest BCUT2D eigenvalue weighted by Crippen LogP contribution is -2.12. The van der Waals surface area contributed by atoms with E-state index < -0.39 is 37.1 Å². The number of carbonyl (C=O) groups is 2. The summed E-state index contributed by atoms with van der Waals surface area (Å²) in [5.41, 5.74) is 13.9. The molecule has 0 aliphatic rings. The first-order valence-electron chi connectivity index (χ1n) is 14.0. The highest BCUT2D eigenvalue weighted by molar-refractivity contribution is 5.92. The zero-order valence-corrected chi connectivity index (χ0v) is 24.5. The lowest BCUT2D eigenvalue weighted by Gasteiger charge is -2.15. The fraction of sp³-hybridized carbons (Fsp3) is 0.312. The van der Waals surface area contributed by atoms with E-state index in [1.54, 1.807) is 30.3 Å². The molecule has 0 saturated heterocycles. The summed E-state index contributed by atoms with van der Waals surface area (Å²) in [6.45, 7) is -0.603. The Balaban J connectivity index is 1.56. The third-order valence-electron chi connectivity index (χ3n) is 6.19. The maximum absolute atomic E-state index is 12.8. The maximum atomic E-state index is 12.8. The Hall–Kier alpha value is -4.88. The van der Waals surface area contributed by atoms with Gasteiger partial charge in [0.2, 0.25) is 0 Å². The van der Waals surface area contributed by atoms with Gasteiger partial charge in [-0.25, -0.2) is 9.59 Å². The van der Waals surface area contributed by atoms with Crippen molar-refractivity contribution in [3.8, 4) is 17.2 Å². The van der Waals surface area contributed by atoms with Gasteiger partial charge in [0, 0.05) is 36.7 Å². The van der Waals surface area contributed by atoms with Gasteiger partial charge in [-0.1, -0.05) is 18.2 Å². The van der Waals surface area contributed by atoms with E-state index in [2.05, 4.69) is 0 Å². The Morgan fingerprint density at radius 2 is 1.37 bits per heavy atom. The van der Waals surface area contributed by atoms with E-state index in [1.807, 2.05) is 0 Å². The van der Waals surface area contributed by atoms with Crippen LogP contribution in [-0.4, -0.2) is 44.1 Å². The number of carbonyl (C=O) groups excluding carboxylic acids is 2. The lowest BCUT2D eigenvalue weighted by molar-refractivity contribution is -0.138. The summed E-state index contributed by atoms with van der Waals surface area (Å²) in [7, 11) is 0. The van der Waals surface area contributed by atoms with E-state index in [1.165, 1.54) is 42.5 Å². The number of ether oxygens (including phenoxy) is 4. The van der Waals surface area contributed by atoms with Crippen molar-refractivity contribution in [3.63, 3.8) is 0 Å². The van der Waals surface area contributed by atoms with Crippen molar-refractivity contribution in [2.24, 2.45) is 0 Å². The van der Waals surface area contributed by atoms with Crippen LogP contribution in [0.4, 0.5) is 37.7 Å². The Kier molecular flexibility index (Phi) is 12.7. The molecule has 0 amide bonds. The third kappa shape index (κ3) is 13.0. The fourth-order valence-electron chi connectivity index (χ4n) is 3.90.